The van der Waals surface area contributed by atoms with Crippen LogP contribution in [-0.4, -0.2) is 41.8 Å². The molecule has 2 amide bonds. The van der Waals surface area contributed by atoms with Crippen molar-refractivity contribution in [1.82, 2.24) is 4.90 Å². The number of allylic oxidation sites excluding steroid dienone is 1. The summed E-state index contributed by atoms with van der Waals surface area (Å²) in [7, 11) is 1.34. The number of likely N-dealkylation sites (tertiary alicyclic amines) is 1. The number of methoxy groups -OCH3 is 1. The summed E-state index contributed by atoms with van der Waals surface area (Å²) in [5, 5.41) is 10.3. The molecular formula is C22H33NO4. The van der Waals surface area contributed by atoms with Gasteiger partial charge in [0.2, 0.25) is 5.91 Å². The lowest BCUT2D eigenvalue weighted by Crippen LogP contribution is -2.50. The van der Waals surface area contributed by atoms with Gasteiger partial charge in [0.15, 0.2) is 0 Å². The lowest BCUT2D eigenvalue weighted by Gasteiger charge is -2.54. The quantitative estimate of drug-likeness (QED) is 0.655. The highest BCUT2D eigenvalue weighted by Gasteiger charge is 2.61. The zero-order valence-electron chi connectivity index (χ0n) is 16.9. The Bertz CT molecular complexity index is 675. The van der Waals surface area contributed by atoms with E-state index in [1.54, 1.807) is 0 Å². The summed E-state index contributed by atoms with van der Waals surface area (Å²) in [5.74, 6) is 0.709. The number of rotatable bonds is 0. The molecular weight excluding hydrogens is 342 g/mol. The van der Waals surface area contributed by atoms with Crippen molar-refractivity contribution in [1.29, 1.82) is 0 Å². The molecule has 4 fully saturated rings. The smallest absolute Gasteiger partial charge is 0.416 e. The zero-order chi connectivity index (χ0) is 19.6. The van der Waals surface area contributed by atoms with Gasteiger partial charge in [-0.1, -0.05) is 26.0 Å². The molecule has 0 spiro atoms. The van der Waals surface area contributed by atoms with Crippen LogP contribution in [0.1, 0.15) is 58.8 Å². The number of ether oxygens (including phenoxy) is 1. The van der Waals surface area contributed by atoms with Crippen molar-refractivity contribution in [2.24, 2.45) is 34.5 Å². The van der Waals surface area contributed by atoms with Crippen LogP contribution in [0.25, 0.3) is 0 Å². The topological polar surface area (TPSA) is 66.8 Å². The summed E-state index contributed by atoms with van der Waals surface area (Å²) in [6.45, 7) is 9.39. The molecule has 1 aliphatic heterocycles. The Hall–Kier alpha value is -1.36. The van der Waals surface area contributed by atoms with Gasteiger partial charge in [-0.3, -0.25) is 4.79 Å². The van der Waals surface area contributed by atoms with Crippen molar-refractivity contribution >= 4 is 12.0 Å². The molecule has 0 aromatic heterocycles. The molecule has 4 rings (SSSR count). The van der Waals surface area contributed by atoms with Gasteiger partial charge in [0.05, 0.1) is 13.2 Å². The molecule has 27 heavy (non-hydrogen) atoms. The molecule has 5 heteroatoms. The van der Waals surface area contributed by atoms with E-state index in [4.69, 9.17) is 4.74 Å². The van der Waals surface area contributed by atoms with Crippen molar-refractivity contribution in [3.05, 3.63) is 12.2 Å². The first kappa shape index (κ1) is 19.0. The average Bonchev–Trinajstić information content (AvgIpc) is 2.90. The fourth-order valence-electron chi connectivity index (χ4n) is 7.17. The molecule has 0 radical (unpaired) electrons. The first-order valence-corrected chi connectivity index (χ1v) is 10.5. The molecule has 1 N–H and O–H groups in total. The van der Waals surface area contributed by atoms with Gasteiger partial charge in [-0.2, -0.15) is 0 Å². The molecule has 0 bridgehead atoms. The predicted octanol–water partition coefficient (Wildman–Crippen LogP) is 3.76. The van der Waals surface area contributed by atoms with Crippen LogP contribution in [0.4, 0.5) is 4.79 Å². The Morgan fingerprint density at radius 3 is 2.67 bits per heavy atom. The maximum absolute atomic E-state index is 13.4. The Morgan fingerprint density at radius 2 is 1.96 bits per heavy atom. The van der Waals surface area contributed by atoms with Gasteiger partial charge in [-0.25, -0.2) is 9.69 Å². The lowest BCUT2D eigenvalue weighted by molar-refractivity contribution is -0.142. The summed E-state index contributed by atoms with van der Waals surface area (Å²) in [6.07, 6.45) is 5.40. The van der Waals surface area contributed by atoms with E-state index < -0.39 is 12.2 Å². The van der Waals surface area contributed by atoms with Crippen LogP contribution in [0, 0.1) is 34.5 Å². The summed E-state index contributed by atoms with van der Waals surface area (Å²) in [6, 6.07) is 0. The Morgan fingerprint density at radius 1 is 1.22 bits per heavy atom. The minimum atomic E-state index is -0.549. The third-order valence-electron chi connectivity index (χ3n) is 8.91. The fourth-order valence-corrected chi connectivity index (χ4v) is 7.17. The number of aliphatic hydroxyl groups excluding tert-OH is 1. The maximum Gasteiger partial charge on any atom is 0.416 e. The maximum atomic E-state index is 13.4. The molecule has 7 atom stereocenters. The SMILES string of the molecule is C=C1CC[C@H]2[C@@H]3CN(C(=O)OC)C(=O)[C@H]4C[C@@H](O)CC[C@]4(C)C3CC[C@]12C. The highest BCUT2D eigenvalue weighted by molar-refractivity contribution is 5.94. The van der Waals surface area contributed by atoms with E-state index >= 15 is 0 Å². The highest BCUT2D eigenvalue weighted by atomic mass is 16.5. The van der Waals surface area contributed by atoms with Gasteiger partial charge >= 0.3 is 6.09 Å². The number of fused-ring (bicyclic) bond motifs is 5. The normalized spacial score (nSPS) is 47.0. The highest BCUT2D eigenvalue weighted by Crippen LogP contribution is 2.64. The summed E-state index contributed by atoms with van der Waals surface area (Å²) in [5.41, 5.74) is 1.30. The number of aliphatic hydroxyl groups is 1. The van der Waals surface area contributed by atoms with Crippen LogP contribution in [0.15, 0.2) is 12.2 Å². The number of carbonyl (C=O) groups excluding carboxylic acids is 2. The molecule has 4 aliphatic rings. The van der Waals surface area contributed by atoms with Crippen molar-refractivity contribution in [2.75, 3.05) is 13.7 Å². The molecule has 0 aromatic carbocycles. The average molecular weight is 376 g/mol. The van der Waals surface area contributed by atoms with E-state index in [-0.39, 0.29) is 28.6 Å². The van der Waals surface area contributed by atoms with Crippen molar-refractivity contribution in [2.45, 2.75) is 64.9 Å². The van der Waals surface area contributed by atoms with Gasteiger partial charge in [0, 0.05) is 12.5 Å². The van der Waals surface area contributed by atoms with Crippen LogP contribution in [0.3, 0.4) is 0 Å². The van der Waals surface area contributed by atoms with E-state index in [9.17, 15) is 14.7 Å². The van der Waals surface area contributed by atoms with E-state index in [1.165, 1.54) is 17.6 Å². The van der Waals surface area contributed by atoms with E-state index in [0.29, 0.717) is 24.8 Å². The Labute approximate surface area is 162 Å². The van der Waals surface area contributed by atoms with Crippen LogP contribution in [0.2, 0.25) is 0 Å². The second kappa shape index (κ2) is 6.33. The molecule has 3 saturated carbocycles. The van der Waals surface area contributed by atoms with E-state index in [0.717, 1.165) is 38.5 Å². The minimum absolute atomic E-state index is 0.121. The fraction of sp³-hybridized carbons (Fsp3) is 0.818. The van der Waals surface area contributed by atoms with E-state index in [1.807, 2.05) is 0 Å². The standard InChI is InChI=1S/C22H33NO4/c1-13-5-6-16-15-12-23(20(26)27-4)19(25)18-11-14(24)7-9-22(18,3)17(15)8-10-21(13,16)2/h14-18,24H,1,5-12H2,2-4H3/t14-,15-,16-,17?,18+,21+,22+/m0/s1. The number of hydrogen-bond donors (Lipinski definition) is 1. The zero-order valence-corrected chi connectivity index (χ0v) is 16.9. The summed E-state index contributed by atoms with van der Waals surface area (Å²) < 4.78 is 4.98. The molecule has 150 valence electrons. The summed E-state index contributed by atoms with van der Waals surface area (Å²) >= 11 is 0. The third kappa shape index (κ3) is 2.60. The van der Waals surface area contributed by atoms with E-state index in [2.05, 4.69) is 20.4 Å². The molecule has 5 nitrogen and oxygen atoms in total. The number of carbonyl (C=O) groups is 2. The molecule has 1 saturated heterocycles. The molecule has 0 aromatic rings. The molecule has 3 aliphatic carbocycles. The van der Waals surface area contributed by atoms with Crippen LogP contribution >= 0.6 is 0 Å². The predicted molar refractivity (Wildman–Crippen MR) is 102 cm³/mol. The van der Waals surface area contributed by atoms with Crippen molar-refractivity contribution in [3.63, 3.8) is 0 Å². The van der Waals surface area contributed by atoms with Gasteiger partial charge in [-0.05, 0) is 73.5 Å². The number of hydrogen-bond acceptors (Lipinski definition) is 4. The second-order valence-electron chi connectivity index (χ2n) is 9.88. The van der Waals surface area contributed by atoms with Crippen LogP contribution < -0.4 is 0 Å². The molecule has 1 heterocycles. The first-order chi connectivity index (χ1) is 12.7. The first-order valence-electron chi connectivity index (χ1n) is 10.5. The number of amides is 2. The second-order valence-corrected chi connectivity index (χ2v) is 9.88. The van der Waals surface area contributed by atoms with Gasteiger partial charge < -0.3 is 9.84 Å². The van der Waals surface area contributed by atoms with Gasteiger partial charge in [0.1, 0.15) is 0 Å². The third-order valence-corrected chi connectivity index (χ3v) is 8.91. The lowest BCUT2D eigenvalue weighted by atomic mass is 9.50. The number of imide groups is 1. The van der Waals surface area contributed by atoms with Gasteiger partial charge in [-0.15, -0.1) is 0 Å². The molecule has 1 unspecified atom stereocenters. The monoisotopic (exact) mass is 375 g/mol. The van der Waals surface area contributed by atoms with Crippen molar-refractivity contribution < 1.29 is 19.4 Å². The van der Waals surface area contributed by atoms with Crippen molar-refractivity contribution in [3.8, 4) is 0 Å². The largest absolute Gasteiger partial charge is 0.452 e. The van der Waals surface area contributed by atoms with Crippen LogP contribution in [-0.2, 0) is 9.53 Å². The van der Waals surface area contributed by atoms with Gasteiger partial charge in [0.25, 0.3) is 0 Å². The Kier molecular flexibility index (Phi) is 4.45. The summed E-state index contributed by atoms with van der Waals surface area (Å²) in [4.78, 5) is 27.3. The number of nitrogens with zero attached hydrogens (tertiary/aromatic N) is 1. The van der Waals surface area contributed by atoms with Crippen LogP contribution in [0.5, 0.6) is 0 Å². The Balaban J connectivity index is 1.79. The minimum Gasteiger partial charge on any atom is -0.452 e.